The lowest BCUT2D eigenvalue weighted by molar-refractivity contribution is -0.140. The van der Waals surface area contributed by atoms with Crippen molar-refractivity contribution >= 4 is 27.5 Å². The van der Waals surface area contributed by atoms with Crippen LogP contribution in [0.5, 0.6) is 5.75 Å². The number of sulfonamides is 1. The fraction of sp³-hybridized carbons (Fsp3) is 0.375. The molecule has 2 amide bonds. The molecular formula is C32H41N3O5S. The molecule has 1 atom stereocenters. The molecule has 3 rings (SSSR count). The Morgan fingerprint density at radius 2 is 1.59 bits per heavy atom. The van der Waals surface area contributed by atoms with Crippen LogP contribution in [-0.4, -0.2) is 56.6 Å². The van der Waals surface area contributed by atoms with Crippen LogP contribution in [0.3, 0.4) is 0 Å². The minimum atomic E-state index is -3.83. The lowest BCUT2D eigenvalue weighted by atomic mass is 10.0. The van der Waals surface area contributed by atoms with Gasteiger partial charge >= 0.3 is 0 Å². The van der Waals surface area contributed by atoms with E-state index in [1.165, 1.54) is 4.90 Å². The summed E-state index contributed by atoms with van der Waals surface area (Å²) in [5, 5.41) is 3.02. The zero-order valence-electron chi connectivity index (χ0n) is 25.0. The average molecular weight is 580 g/mol. The zero-order chi connectivity index (χ0) is 30.4. The maximum atomic E-state index is 14.2. The lowest BCUT2D eigenvalue weighted by Gasteiger charge is -2.35. The van der Waals surface area contributed by atoms with E-state index in [4.69, 9.17) is 4.74 Å². The number of amides is 2. The Balaban J connectivity index is 2.11. The van der Waals surface area contributed by atoms with Crippen molar-refractivity contribution in [2.24, 2.45) is 0 Å². The van der Waals surface area contributed by atoms with E-state index in [0.29, 0.717) is 11.4 Å². The van der Waals surface area contributed by atoms with E-state index >= 15 is 0 Å². The number of nitrogens with one attached hydrogen (secondary N) is 1. The van der Waals surface area contributed by atoms with Crippen LogP contribution in [0.4, 0.5) is 5.69 Å². The molecule has 0 spiro atoms. The van der Waals surface area contributed by atoms with Crippen molar-refractivity contribution < 1.29 is 22.7 Å². The topological polar surface area (TPSA) is 96.0 Å². The highest BCUT2D eigenvalue weighted by molar-refractivity contribution is 7.92. The number of rotatable bonds is 11. The number of methoxy groups -OCH3 is 1. The van der Waals surface area contributed by atoms with Gasteiger partial charge < -0.3 is 15.0 Å². The second-order valence-corrected chi connectivity index (χ2v) is 13.3. The third-order valence-electron chi connectivity index (χ3n) is 6.56. The molecule has 220 valence electrons. The fourth-order valence-corrected chi connectivity index (χ4v) is 5.56. The predicted octanol–water partition coefficient (Wildman–Crippen LogP) is 4.63. The standard InChI is InChI=1S/C32H41N3O5S/c1-23-16-17-28(24(2)18-23)35(41(7,38)39)22-30(36)34(21-26-14-11-15-27(19-26)40-6)29(31(37)33-32(3,4)5)20-25-12-9-8-10-13-25/h8-19,29H,20-22H2,1-7H3,(H,33,37)/t29-/m0/s1. The minimum Gasteiger partial charge on any atom is -0.497 e. The van der Waals surface area contributed by atoms with E-state index in [0.717, 1.165) is 32.8 Å². The van der Waals surface area contributed by atoms with Gasteiger partial charge in [0.05, 0.1) is 19.1 Å². The first-order valence-corrected chi connectivity index (χ1v) is 15.4. The summed E-state index contributed by atoms with van der Waals surface area (Å²) in [5.41, 5.74) is 3.21. The molecule has 0 heterocycles. The number of ether oxygens (including phenoxy) is 1. The van der Waals surface area contributed by atoms with Crippen LogP contribution >= 0.6 is 0 Å². The maximum absolute atomic E-state index is 14.2. The third-order valence-corrected chi connectivity index (χ3v) is 7.68. The van der Waals surface area contributed by atoms with Gasteiger partial charge in [-0.15, -0.1) is 0 Å². The molecule has 0 fully saturated rings. The first-order chi connectivity index (χ1) is 19.2. The van der Waals surface area contributed by atoms with Gasteiger partial charge in [-0.2, -0.15) is 0 Å². The van der Waals surface area contributed by atoms with E-state index in [1.807, 2.05) is 89.2 Å². The van der Waals surface area contributed by atoms with Gasteiger partial charge in [0.1, 0.15) is 18.3 Å². The summed E-state index contributed by atoms with van der Waals surface area (Å²) in [6.45, 7) is 8.99. The molecule has 3 aromatic carbocycles. The van der Waals surface area contributed by atoms with E-state index < -0.39 is 34.1 Å². The van der Waals surface area contributed by atoms with Crippen molar-refractivity contribution in [1.29, 1.82) is 0 Å². The van der Waals surface area contributed by atoms with Crippen molar-refractivity contribution in [1.82, 2.24) is 10.2 Å². The average Bonchev–Trinajstić information content (AvgIpc) is 2.88. The molecule has 1 N–H and O–H groups in total. The lowest BCUT2D eigenvalue weighted by Crippen LogP contribution is -2.56. The second kappa shape index (κ2) is 13.2. The Kier molecular flexibility index (Phi) is 10.2. The van der Waals surface area contributed by atoms with Gasteiger partial charge in [0.2, 0.25) is 21.8 Å². The first kappa shape index (κ1) is 31.7. The summed E-state index contributed by atoms with van der Waals surface area (Å²) in [6.07, 6.45) is 1.33. The molecule has 0 aliphatic heterocycles. The van der Waals surface area contributed by atoms with Gasteiger partial charge in [-0.05, 0) is 69.5 Å². The van der Waals surface area contributed by atoms with Crippen molar-refractivity contribution in [3.63, 3.8) is 0 Å². The number of anilines is 1. The number of aryl methyl sites for hydroxylation is 2. The monoisotopic (exact) mass is 579 g/mol. The van der Waals surface area contributed by atoms with Crippen LogP contribution in [-0.2, 0) is 32.6 Å². The highest BCUT2D eigenvalue weighted by atomic mass is 32.2. The number of benzene rings is 3. The minimum absolute atomic E-state index is 0.0789. The molecule has 0 unspecified atom stereocenters. The smallest absolute Gasteiger partial charge is 0.244 e. The highest BCUT2D eigenvalue weighted by Gasteiger charge is 2.34. The molecule has 8 nitrogen and oxygen atoms in total. The fourth-order valence-electron chi connectivity index (χ4n) is 4.65. The summed E-state index contributed by atoms with van der Waals surface area (Å²) in [6, 6.07) is 21.2. The van der Waals surface area contributed by atoms with Crippen LogP contribution in [0.15, 0.2) is 72.8 Å². The molecule has 0 bridgehead atoms. The van der Waals surface area contributed by atoms with Crippen LogP contribution in [0.25, 0.3) is 0 Å². The Morgan fingerprint density at radius 1 is 0.927 bits per heavy atom. The summed E-state index contributed by atoms with van der Waals surface area (Å²) < 4.78 is 32.5. The summed E-state index contributed by atoms with van der Waals surface area (Å²) in [7, 11) is -2.27. The molecule has 0 saturated heterocycles. The first-order valence-electron chi connectivity index (χ1n) is 13.5. The van der Waals surface area contributed by atoms with E-state index in [-0.39, 0.29) is 18.9 Å². The molecule has 9 heteroatoms. The SMILES string of the molecule is COc1cccc(CN(C(=O)CN(c2ccc(C)cc2C)S(C)(=O)=O)[C@@H](Cc2ccccc2)C(=O)NC(C)(C)C)c1. The second-order valence-electron chi connectivity index (χ2n) is 11.4. The molecule has 0 aliphatic rings. The van der Waals surface area contributed by atoms with Crippen molar-refractivity contribution in [2.45, 2.75) is 59.2 Å². The number of hydrogen-bond acceptors (Lipinski definition) is 5. The van der Waals surface area contributed by atoms with Gasteiger partial charge in [0, 0.05) is 18.5 Å². The number of hydrogen-bond donors (Lipinski definition) is 1. The molecular weight excluding hydrogens is 538 g/mol. The van der Waals surface area contributed by atoms with Crippen LogP contribution in [0, 0.1) is 13.8 Å². The Morgan fingerprint density at radius 3 is 2.17 bits per heavy atom. The number of nitrogens with zero attached hydrogens (tertiary/aromatic N) is 2. The van der Waals surface area contributed by atoms with Gasteiger partial charge in [0.15, 0.2) is 0 Å². The molecule has 0 aromatic heterocycles. The van der Waals surface area contributed by atoms with Gasteiger partial charge in [-0.1, -0.05) is 60.2 Å². The third kappa shape index (κ3) is 9.08. The van der Waals surface area contributed by atoms with E-state index in [1.54, 1.807) is 25.3 Å². The summed E-state index contributed by atoms with van der Waals surface area (Å²) in [4.78, 5) is 29.5. The van der Waals surface area contributed by atoms with Crippen molar-refractivity contribution in [2.75, 3.05) is 24.2 Å². The van der Waals surface area contributed by atoms with Gasteiger partial charge in [-0.3, -0.25) is 13.9 Å². The Bertz CT molecular complexity index is 1470. The highest BCUT2D eigenvalue weighted by Crippen LogP contribution is 2.25. The Hall–Kier alpha value is -3.85. The van der Waals surface area contributed by atoms with Gasteiger partial charge in [0.25, 0.3) is 0 Å². The number of carbonyl (C=O) groups excluding carboxylic acids is 2. The van der Waals surface area contributed by atoms with Crippen LogP contribution < -0.4 is 14.4 Å². The summed E-state index contributed by atoms with van der Waals surface area (Å²) in [5.74, 6) is -0.208. The van der Waals surface area contributed by atoms with Crippen molar-refractivity contribution in [3.8, 4) is 5.75 Å². The maximum Gasteiger partial charge on any atom is 0.244 e. The largest absolute Gasteiger partial charge is 0.497 e. The van der Waals surface area contributed by atoms with Gasteiger partial charge in [-0.25, -0.2) is 8.42 Å². The Labute approximate surface area is 244 Å². The van der Waals surface area contributed by atoms with Crippen LogP contribution in [0.1, 0.15) is 43.0 Å². The van der Waals surface area contributed by atoms with E-state index in [9.17, 15) is 18.0 Å². The molecule has 0 radical (unpaired) electrons. The molecule has 0 saturated carbocycles. The zero-order valence-corrected chi connectivity index (χ0v) is 25.8. The predicted molar refractivity (Wildman–Crippen MR) is 163 cm³/mol. The number of carbonyl (C=O) groups is 2. The summed E-state index contributed by atoms with van der Waals surface area (Å²) >= 11 is 0. The van der Waals surface area contributed by atoms with Crippen LogP contribution in [0.2, 0.25) is 0 Å². The quantitative estimate of drug-likeness (QED) is 0.357. The normalized spacial score (nSPS) is 12.4. The molecule has 3 aromatic rings. The van der Waals surface area contributed by atoms with E-state index in [2.05, 4.69) is 5.32 Å². The van der Waals surface area contributed by atoms with Crippen molar-refractivity contribution in [3.05, 3.63) is 95.1 Å². The molecule has 0 aliphatic carbocycles. The molecule has 41 heavy (non-hydrogen) atoms.